The average molecular weight is 407 g/mol. The van der Waals surface area contributed by atoms with Crippen molar-refractivity contribution in [2.24, 2.45) is 0 Å². The Bertz CT molecular complexity index is 818. The van der Waals surface area contributed by atoms with E-state index in [1.54, 1.807) is 38.5 Å². The molecule has 0 spiro atoms. The lowest BCUT2D eigenvalue weighted by atomic mass is 10.1. The summed E-state index contributed by atoms with van der Waals surface area (Å²) in [5, 5.41) is 0.434. The fourth-order valence-electron chi connectivity index (χ4n) is 3.36. The van der Waals surface area contributed by atoms with Crippen LogP contribution in [0.1, 0.15) is 11.1 Å². The van der Waals surface area contributed by atoms with E-state index in [2.05, 4.69) is 4.90 Å². The maximum absolute atomic E-state index is 14.0. The van der Waals surface area contributed by atoms with Crippen LogP contribution in [0.15, 0.2) is 36.4 Å². The fourth-order valence-corrected chi connectivity index (χ4v) is 3.58. The predicted octanol–water partition coefficient (Wildman–Crippen LogP) is 3.38. The molecule has 5 nitrogen and oxygen atoms in total. The second-order valence-electron chi connectivity index (χ2n) is 6.71. The van der Waals surface area contributed by atoms with E-state index in [-0.39, 0.29) is 18.1 Å². The number of benzene rings is 2. The molecule has 1 heterocycles. The molecule has 0 N–H and O–H groups in total. The highest BCUT2D eigenvalue weighted by Gasteiger charge is 2.23. The van der Waals surface area contributed by atoms with E-state index in [4.69, 9.17) is 21.1 Å². The molecule has 7 heteroatoms. The van der Waals surface area contributed by atoms with E-state index in [1.807, 2.05) is 11.0 Å². The third-order valence-corrected chi connectivity index (χ3v) is 5.35. The van der Waals surface area contributed by atoms with E-state index in [0.29, 0.717) is 54.8 Å². The Hall–Kier alpha value is -2.31. The van der Waals surface area contributed by atoms with Crippen molar-refractivity contribution in [2.75, 3.05) is 40.4 Å². The molecule has 1 aliphatic heterocycles. The Kier molecular flexibility index (Phi) is 6.75. The minimum Gasteiger partial charge on any atom is -0.497 e. The van der Waals surface area contributed by atoms with Crippen molar-refractivity contribution in [3.63, 3.8) is 0 Å². The number of rotatable bonds is 6. The van der Waals surface area contributed by atoms with Crippen LogP contribution in [0.5, 0.6) is 11.5 Å². The summed E-state index contributed by atoms with van der Waals surface area (Å²) in [5.74, 6) is 1.10. The summed E-state index contributed by atoms with van der Waals surface area (Å²) in [4.78, 5) is 16.7. The molecule has 2 aromatic carbocycles. The minimum absolute atomic E-state index is 0.0372. The zero-order chi connectivity index (χ0) is 20.1. The van der Waals surface area contributed by atoms with Gasteiger partial charge < -0.3 is 14.4 Å². The Labute approximate surface area is 169 Å². The molecule has 0 radical (unpaired) electrons. The maximum Gasteiger partial charge on any atom is 0.227 e. The summed E-state index contributed by atoms with van der Waals surface area (Å²) < 4.78 is 24.6. The van der Waals surface area contributed by atoms with Gasteiger partial charge in [0.2, 0.25) is 5.91 Å². The first-order valence-corrected chi connectivity index (χ1v) is 9.53. The first-order chi connectivity index (χ1) is 13.5. The fraction of sp³-hybridized carbons (Fsp3) is 0.381. The molecule has 1 amide bonds. The lowest BCUT2D eigenvalue weighted by Crippen LogP contribution is -2.48. The van der Waals surface area contributed by atoms with Crippen LogP contribution in [-0.4, -0.2) is 56.1 Å². The second-order valence-corrected chi connectivity index (χ2v) is 7.12. The zero-order valence-electron chi connectivity index (χ0n) is 16.1. The molecule has 1 aliphatic rings. The van der Waals surface area contributed by atoms with E-state index < -0.39 is 0 Å². The van der Waals surface area contributed by atoms with Crippen LogP contribution < -0.4 is 9.47 Å². The van der Waals surface area contributed by atoms with E-state index >= 15 is 0 Å². The van der Waals surface area contributed by atoms with Crippen LogP contribution in [0.4, 0.5) is 4.39 Å². The number of amides is 1. The largest absolute Gasteiger partial charge is 0.497 e. The van der Waals surface area contributed by atoms with Crippen LogP contribution in [0.2, 0.25) is 5.02 Å². The topological polar surface area (TPSA) is 42.0 Å². The summed E-state index contributed by atoms with van der Waals surface area (Å²) >= 11 is 6.12. The molecule has 28 heavy (non-hydrogen) atoms. The molecule has 0 bridgehead atoms. The maximum atomic E-state index is 14.0. The zero-order valence-corrected chi connectivity index (χ0v) is 16.8. The third-order valence-electron chi connectivity index (χ3n) is 5.00. The molecule has 0 unspecified atom stereocenters. The van der Waals surface area contributed by atoms with Crippen LogP contribution in [0.3, 0.4) is 0 Å². The first kappa shape index (κ1) is 20.4. The molecule has 150 valence electrons. The molecule has 2 aromatic rings. The van der Waals surface area contributed by atoms with Gasteiger partial charge in [-0.15, -0.1) is 0 Å². The van der Waals surface area contributed by atoms with Crippen LogP contribution in [0.25, 0.3) is 0 Å². The summed E-state index contributed by atoms with van der Waals surface area (Å²) in [5.41, 5.74) is 1.30. The monoisotopic (exact) mass is 406 g/mol. The summed E-state index contributed by atoms with van der Waals surface area (Å²) in [6.45, 7) is 2.98. The van der Waals surface area contributed by atoms with Crippen LogP contribution in [0, 0.1) is 5.82 Å². The molecule has 0 aliphatic carbocycles. The molecule has 1 fully saturated rings. The number of carbonyl (C=O) groups is 1. The summed E-state index contributed by atoms with van der Waals surface area (Å²) in [7, 11) is 3.18. The average Bonchev–Trinajstić information content (AvgIpc) is 2.71. The lowest BCUT2D eigenvalue weighted by Gasteiger charge is -2.35. The van der Waals surface area contributed by atoms with Gasteiger partial charge in [0.05, 0.1) is 20.6 Å². The number of piperazine rings is 1. The van der Waals surface area contributed by atoms with Crippen molar-refractivity contribution in [3.05, 3.63) is 58.4 Å². The smallest absolute Gasteiger partial charge is 0.227 e. The second kappa shape index (κ2) is 9.26. The number of hydrogen-bond acceptors (Lipinski definition) is 4. The van der Waals surface area contributed by atoms with Crippen molar-refractivity contribution < 1.29 is 18.7 Å². The Morgan fingerprint density at radius 2 is 1.86 bits per heavy atom. The van der Waals surface area contributed by atoms with Gasteiger partial charge in [-0.3, -0.25) is 9.69 Å². The number of methoxy groups -OCH3 is 2. The standard InChI is InChI=1S/C21H24ClFN2O3/c1-27-16-6-7-20(28-2)15(12-16)13-21(26)25-10-8-24(9-11-25)14-17-18(22)4-3-5-19(17)23/h3-7,12H,8-11,13-14H2,1-2H3. The Balaban J connectivity index is 1.58. The van der Waals surface area contributed by atoms with Crippen LogP contribution >= 0.6 is 11.6 Å². The number of halogens is 2. The van der Waals surface area contributed by atoms with Crippen molar-refractivity contribution in [2.45, 2.75) is 13.0 Å². The van der Waals surface area contributed by atoms with E-state index in [1.165, 1.54) is 6.07 Å². The van der Waals surface area contributed by atoms with Gasteiger partial charge in [0.25, 0.3) is 0 Å². The van der Waals surface area contributed by atoms with Crippen molar-refractivity contribution >= 4 is 17.5 Å². The predicted molar refractivity (Wildman–Crippen MR) is 107 cm³/mol. The minimum atomic E-state index is -0.295. The molecule has 1 saturated heterocycles. The SMILES string of the molecule is COc1ccc(OC)c(CC(=O)N2CCN(Cc3c(F)cccc3Cl)CC2)c1. The molecular weight excluding hydrogens is 383 g/mol. The van der Waals surface area contributed by atoms with Gasteiger partial charge in [-0.05, 0) is 30.3 Å². The van der Waals surface area contributed by atoms with Crippen molar-refractivity contribution in [1.82, 2.24) is 9.80 Å². The van der Waals surface area contributed by atoms with Gasteiger partial charge in [-0.25, -0.2) is 4.39 Å². The highest BCUT2D eigenvalue weighted by molar-refractivity contribution is 6.31. The number of nitrogens with zero attached hydrogens (tertiary/aromatic N) is 2. The molecule has 0 aromatic heterocycles. The van der Waals surface area contributed by atoms with Gasteiger partial charge in [0.1, 0.15) is 17.3 Å². The molecule has 0 saturated carbocycles. The molecule has 3 rings (SSSR count). The van der Waals surface area contributed by atoms with Gasteiger partial charge in [0.15, 0.2) is 0 Å². The van der Waals surface area contributed by atoms with Crippen LogP contribution in [-0.2, 0) is 17.8 Å². The highest BCUT2D eigenvalue weighted by Crippen LogP contribution is 2.25. The Morgan fingerprint density at radius 3 is 2.50 bits per heavy atom. The van der Waals surface area contributed by atoms with Crippen molar-refractivity contribution in [1.29, 1.82) is 0 Å². The number of hydrogen-bond donors (Lipinski definition) is 0. The highest BCUT2D eigenvalue weighted by atomic mass is 35.5. The molecular formula is C21H24ClFN2O3. The van der Waals surface area contributed by atoms with Gasteiger partial charge in [0, 0.05) is 48.9 Å². The number of carbonyl (C=O) groups excluding carboxylic acids is 1. The van der Waals surface area contributed by atoms with Gasteiger partial charge in [-0.1, -0.05) is 17.7 Å². The van der Waals surface area contributed by atoms with E-state index in [9.17, 15) is 9.18 Å². The summed E-state index contributed by atoms with van der Waals surface area (Å²) in [6.07, 6.45) is 0.250. The normalized spacial score (nSPS) is 14.8. The quantitative estimate of drug-likeness (QED) is 0.737. The number of ether oxygens (including phenoxy) is 2. The van der Waals surface area contributed by atoms with E-state index in [0.717, 1.165) is 5.56 Å². The molecule has 0 atom stereocenters. The lowest BCUT2D eigenvalue weighted by molar-refractivity contribution is -0.132. The van der Waals surface area contributed by atoms with Gasteiger partial charge >= 0.3 is 0 Å². The van der Waals surface area contributed by atoms with Gasteiger partial charge in [-0.2, -0.15) is 0 Å². The first-order valence-electron chi connectivity index (χ1n) is 9.15. The third kappa shape index (κ3) is 4.75. The Morgan fingerprint density at radius 1 is 1.11 bits per heavy atom. The van der Waals surface area contributed by atoms with Crippen molar-refractivity contribution in [3.8, 4) is 11.5 Å². The summed E-state index contributed by atoms with van der Waals surface area (Å²) in [6, 6.07) is 10.2.